The Kier molecular flexibility index (Phi) is 4.27. The maximum absolute atomic E-state index is 6.02. The molecule has 5 heteroatoms. The summed E-state index contributed by atoms with van der Waals surface area (Å²) < 4.78 is 0. The number of hydrogen-bond donors (Lipinski definition) is 1. The predicted molar refractivity (Wildman–Crippen MR) is 102 cm³/mol. The molecule has 0 saturated carbocycles. The summed E-state index contributed by atoms with van der Waals surface area (Å²) >= 11 is 6.02. The largest absolute Gasteiger partial charge is 0.365 e. The molecule has 0 aliphatic carbocycles. The molecule has 25 heavy (non-hydrogen) atoms. The average molecular weight is 347 g/mol. The van der Waals surface area contributed by atoms with Crippen LogP contribution in [0.25, 0.3) is 22.0 Å². The molecule has 0 bridgehead atoms. The zero-order valence-corrected chi connectivity index (χ0v) is 14.1. The van der Waals surface area contributed by atoms with Crippen LogP contribution in [0, 0.1) is 0 Å². The molecule has 0 saturated heterocycles. The minimum absolute atomic E-state index is 0.670. The molecular formula is C20H15ClN4. The van der Waals surface area contributed by atoms with E-state index in [0.29, 0.717) is 11.6 Å². The fourth-order valence-corrected chi connectivity index (χ4v) is 2.87. The lowest BCUT2D eigenvalue weighted by Crippen LogP contribution is -2.02. The van der Waals surface area contributed by atoms with Gasteiger partial charge >= 0.3 is 0 Å². The summed E-state index contributed by atoms with van der Waals surface area (Å²) in [5.74, 6) is 0.804. The summed E-state index contributed by atoms with van der Waals surface area (Å²) in [5, 5.41) is 5.00. The molecule has 122 valence electrons. The number of hydrogen-bond acceptors (Lipinski definition) is 4. The molecule has 2 aromatic carbocycles. The van der Waals surface area contributed by atoms with Crippen molar-refractivity contribution >= 4 is 28.3 Å². The van der Waals surface area contributed by atoms with Crippen LogP contribution < -0.4 is 5.32 Å². The van der Waals surface area contributed by atoms with Crippen molar-refractivity contribution in [1.29, 1.82) is 0 Å². The lowest BCUT2D eigenvalue weighted by atomic mass is 10.1. The molecule has 0 unspecified atom stereocenters. The highest BCUT2D eigenvalue weighted by Gasteiger charge is 2.04. The molecule has 0 fully saturated rings. The number of halogens is 1. The molecule has 0 aliphatic heterocycles. The number of benzene rings is 2. The molecule has 0 amide bonds. The van der Waals surface area contributed by atoms with Gasteiger partial charge in [-0.25, -0.2) is 9.97 Å². The van der Waals surface area contributed by atoms with Crippen molar-refractivity contribution in [2.24, 2.45) is 0 Å². The first-order valence-corrected chi connectivity index (χ1v) is 8.31. The summed E-state index contributed by atoms with van der Waals surface area (Å²) in [6.07, 6.45) is 5.19. The van der Waals surface area contributed by atoms with Crippen molar-refractivity contribution in [2.45, 2.75) is 6.54 Å². The van der Waals surface area contributed by atoms with E-state index in [2.05, 4.69) is 50.6 Å². The Morgan fingerprint density at radius 1 is 0.920 bits per heavy atom. The summed E-state index contributed by atoms with van der Waals surface area (Å²) in [6, 6.07) is 18.0. The number of nitrogens with zero attached hydrogens (tertiary/aromatic N) is 3. The predicted octanol–water partition coefficient (Wildman–Crippen LogP) is 4.96. The molecule has 0 atom stereocenters. The first-order valence-electron chi connectivity index (χ1n) is 7.93. The van der Waals surface area contributed by atoms with Crippen molar-refractivity contribution in [3.05, 3.63) is 83.9 Å². The van der Waals surface area contributed by atoms with Crippen molar-refractivity contribution in [2.75, 3.05) is 5.32 Å². The second-order valence-corrected chi connectivity index (χ2v) is 6.11. The third-order valence-electron chi connectivity index (χ3n) is 4.01. The van der Waals surface area contributed by atoms with Gasteiger partial charge < -0.3 is 5.32 Å². The van der Waals surface area contributed by atoms with Gasteiger partial charge in [0.15, 0.2) is 0 Å². The van der Waals surface area contributed by atoms with Crippen molar-refractivity contribution in [1.82, 2.24) is 15.0 Å². The monoisotopic (exact) mass is 346 g/mol. The Morgan fingerprint density at radius 3 is 2.60 bits per heavy atom. The van der Waals surface area contributed by atoms with Crippen LogP contribution in [0.5, 0.6) is 0 Å². The topological polar surface area (TPSA) is 50.7 Å². The van der Waals surface area contributed by atoms with Crippen molar-refractivity contribution < 1.29 is 0 Å². The van der Waals surface area contributed by atoms with E-state index in [9.17, 15) is 0 Å². The van der Waals surface area contributed by atoms with E-state index in [4.69, 9.17) is 11.6 Å². The first-order chi connectivity index (χ1) is 12.3. The van der Waals surface area contributed by atoms with Crippen LogP contribution in [-0.4, -0.2) is 15.0 Å². The maximum Gasteiger partial charge on any atom is 0.137 e. The van der Waals surface area contributed by atoms with Crippen molar-refractivity contribution in [3.8, 4) is 11.1 Å². The zero-order valence-electron chi connectivity index (χ0n) is 13.4. The van der Waals surface area contributed by atoms with Gasteiger partial charge in [-0.1, -0.05) is 41.9 Å². The summed E-state index contributed by atoms with van der Waals surface area (Å²) in [5.41, 5.74) is 4.27. The summed E-state index contributed by atoms with van der Waals surface area (Å²) in [7, 11) is 0. The van der Waals surface area contributed by atoms with Crippen molar-refractivity contribution in [3.63, 3.8) is 0 Å². The van der Waals surface area contributed by atoms with Gasteiger partial charge in [-0.15, -0.1) is 0 Å². The van der Waals surface area contributed by atoms with E-state index in [1.807, 2.05) is 30.5 Å². The second-order valence-electron chi connectivity index (χ2n) is 5.68. The minimum atomic E-state index is 0.670. The standard InChI is InChI=1S/C20H15ClN4/c21-17-7-8-18-19(10-17)24-13-25-20(18)23-11-14-3-5-15(6-4-14)16-2-1-9-22-12-16/h1-10,12-13H,11H2,(H,23,24,25). The highest BCUT2D eigenvalue weighted by Crippen LogP contribution is 2.23. The minimum Gasteiger partial charge on any atom is -0.365 e. The van der Waals surface area contributed by atoms with E-state index in [-0.39, 0.29) is 0 Å². The molecular weight excluding hydrogens is 332 g/mol. The van der Waals surface area contributed by atoms with Crippen LogP contribution in [0.4, 0.5) is 5.82 Å². The van der Waals surface area contributed by atoms with Crippen LogP contribution in [0.15, 0.2) is 73.3 Å². The first kappa shape index (κ1) is 15.5. The van der Waals surface area contributed by atoms with Gasteiger partial charge in [-0.2, -0.15) is 0 Å². The average Bonchev–Trinajstić information content (AvgIpc) is 2.67. The summed E-state index contributed by atoms with van der Waals surface area (Å²) in [6.45, 7) is 0.683. The maximum atomic E-state index is 6.02. The van der Waals surface area contributed by atoms with E-state index >= 15 is 0 Å². The van der Waals surface area contributed by atoms with Crippen LogP contribution >= 0.6 is 11.6 Å². The summed E-state index contributed by atoms with van der Waals surface area (Å²) in [4.78, 5) is 12.8. The highest BCUT2D eigenvalue weighted by atomic mass is 35.5. The molecule has 0 radical (unpaired) electrons. The second kappa shape index (κ2) is 6.87. The third-order valence-corrected chi connectivity index (χ3v) is 4.24. The zero-order chi connectivity index (χ0) is 17.1. The molecule has 4 aromatic rings. The quantitative estimate of drug-likeness (QED) is 0.567. The molecule has 2 heterocycles. The smallest absolute Gasteiger partial charge is 0.137 e. The van der Waals surface area contributed by atoms with Gasteiger partial charge in [0.2, 0.25) is 0 Å². The van der Waals surface area contributed by atoms with Crippen LogP contribution in [0.3, 0.4) is 0 Å². The van der Waals surface area contributed by atoms with E-state index in [0.717, 1.165) is 27.8 Å². The normalized spacial score (nSPS) is 10.8. The van der Waals surface area contributed by atoms with Gasteiger partial charge in [0.1, 0.15) is 12.1 Å². The Labute approximate surface area is 150 Å². The lowest BCUT2D eigenvalue weighted by molar-refractivity contribution is 1.10. The van der Waals surface area contributed by atoms with Crippen LogP contribution in [0.1, 0.15) is 5.56 Å². The molecule has 4 nitrogen and oxygen atoms in total. The molecule has 0 spiro atoms. The van der Waals surface area contributed by atoms with E-state index < -0.39 is 0 Å². The molecule has 2 aromatic heterocycles. The van der Waals surface area contributed by atoms with Gasteiger partial charge in [0.05, 0.1) is 5.52 Å². The van der Waals surface area contributed by atoms with Gasteiger partial charge in [-0.3, -0.25) is 4.98 Å². The number of aromatic nitrogens is 3. The Bertz CT molecular complexity index is 1000. The molecule has 4 rings (SSSR count). The number of anilines is 1. The van der Waals surface area contributed by atoms with Crippen LogP contribution in [0.2, 0.25) is 5.02 Å². The fourth-order valence-electron chi connectivity index (χ4n) is 2.71. The van der Waals surface area contributed by atoms with E-state index in [1.54, 1.807) is 12.5 Å². The van der Waals surface area contributed by atoms with Crippen LogP contribution in [-0.2, 0) is 6.54 Å². The molecule has 1 N–H and O–H groups in total. The highest BCUT2D eigenvalue weighted by molar-refractivity contribution is 6.31. The fraction of sp³-hybridized carbons (Fsp3) is 0.0500. The van der Waals surface area contributed by atoms with Gasteiger partial charge in [-0.05, 0) is 41.0 Å². The number of rotatable bonds is 4. The van der Waals surface area contributed by atoms with Gasteiger partial charge in [0.25, 0.3) is 0 Å². The number of nitrogens with one attached hydrogen (secondary N) is 1. The van der Waals surface area contributed by atoms with Gasteiger partial charge in [0, 0.05) is 29.3 Å². The lowest BCUT2D eigenvalue weighted by Gasteiger charge is -2.09. The SMILES string of the molecule is Clc1ccc2c(NCc3ccc(-c4cccnc4)cc3)ncnc2c1. The number of pyridine rings is 1. The third kappa shape index (κ3) is 3.44. The Morgan fingerprint density at radius 2 is 1.80 bits per heavy atom. The molecule has 0 aliphatic rings. The number of fused-ring (bicyclic) bond motifs is 1. The Hall–Kier alpha value is -2.98. The Balaban J connectivity index is 1.52. The van der Waals surface area contributed by atoms with E-state index in [1.165, 1.54) is 5.56 Å².